The molecule has 19 heteroatoms. The Balaban J connectivity index is 0.636. The highest BCUT2D eigenvalue weighted by Gasteiger charge is 2.48. The molecule has 9 heterocycles. The molecular formula is C52H65N11O7S. The van der Waals surface area contributed by atoms with Crippen molar-refractivity contribution in [1.82, 2.24) is 44.4 Å². The van der Waals surface area contributed by atoms with Crippen molar-refractivity contribution in [2.24, 2.45) is 0 Å². The first kappa shape index (κ1) is 47.8. The first-order valence-corrected chi connectivity index (χ1v) is 26.1. The van der Waals surface area contributed by atoms with Gasteiger partial charge in [0.15, 0.2) is 11.6 Å². The number of aliphatic hydroxyl groups is 1. The summed E-state index contributed by atoms with van der Waals surface area (Å²) in [6.07, 6.45) is 6.64. The Morgan fingerprint density at radius 3 is 2.27 bits per heavy atom. The Bertz CT molecular complexity index is 2780. The number of benzene rings is 2. The van der Waals surface area contributed by atoms with Gasteiger partial charge in [-0.25, -0.2) is 19.9 Å². The van der Waals surface area contributed by atoms with Crippen LogP contribution in [0.5, 0.6) is 11.5 Å². The summed E-state index contributed by atoms with van der Waals surface area (Å²) in [5.74, 6) is 1.08. The van der Waals surface area contributed by atoms with Gasteiger partial charge in [0.25, 0.3) is 11.8 Å². The number of likely N-dealkylation sites (tertiary alicyclic amines) is 2. The van der Waals surface area contributed by atoms with E-state index in [1.807, 2.05) is 18.7 Å². The molecule has 6 aliphatic rings. The highest BCUT2D eigenvalue weighted by atomic mass is 32.1. The van der Waals surface area contributed by atoms with Crippen molar-refractivity contribution in [2.45, 2.75) is 95.3 Å². The Labute approximate surface area is 418 Å². The first-order chi connectivity index (χ1) is 34.3. The zero-order valence-electron chi connectivity index (χ0n) is 40.8. The standard InChI is InChI=1S/C52H65N11O7S/c1-33(2)40-23-41(44(65)24-43(40)64)48(66)63-29-35-4-3-34(21-36(35)30-63)28-58-9-7-52(68,8-10-58)49(67)62-11-5-51(6-12-62)25-38(32-70-51)60-15-13-59(14-16-60)31-39-22-42-45(71-39)47(61-17-19-69-20-18-61)57-46(56-42)37-26-54-50(53)55-27-37/h3-4,21-24,26-27,33,38,64-65,68H,5-20,25,28-32H2,1-2H3,(H2,53,54,55). The smallest absolute Gasteiger partial charge is 0.258 e. The van der Waals surface area contributed by atoms with Crippen LogP contribution < -0.4 is 10.6 Å². The Morgan fingerprint density at radius 2 is 1.54 bits per heavy atom. The lowest BCUT2D eigenvalue weighted by Crippen LogP contribution is -2.57. The lowest BCUT2D eigenvalue weighted by atomic mass is 9.84. The van der Waals surface area contributed by atoms with Gasteiger partial charge in [-0.3, -0.25) is 24.3 Å². The molecule has 18 nitrogen and oxygen atoms in total. The van der Waals surface area contributed by atoms with Crippen LogP contribution in [0.15, 0.2) is 48.8 Å². The van der Waals surface area contributed by atoms with Crippen LogP contribution in [-0.2, 0) is 40.4 Å². The SMILES string of the molecule is CC(C)c1cc(C(=O)N2Cc3ccc(CN4CCC(O)(C(=O)N5CCC6(CC5)CC(N5CCN(Cc7cc8nc(-c9cnc(N)nc9)nc(N9CCOCC9)c8s7)CC5)CO6)CC4)cc3C2)c(O)cc1O. The van der Waals surface area contributed by atoms with E-state index in [2.05, 4.69) is 53.8 Å². The van der Waals surface area contributed by atoms with Gasteiger partial charge in [-0.2, -0.15) is 0 Å². The summed E-state index contributed by atoms with van der Waals surface area (Å²) >= 11 is 1.78. The van der Waals surface area contributed by atoms with Crippen LogP contribution in [0.4, 0.5) is 11.8 Å². The molecule has 0 saturated carbocycles. The molecule has 0 bridgehead atoms. The maximum Gasteiger partial charge on any atom is 0.258 e. The summed E-state index contributed by atoms with van der Waals surface area (Å²) < 4.78 is 13.4. The van der Waals surface area contributed by atoms with Crippen molar-refractivity contribution >= 4 is 45.1 Å². The van der Waals surface area contributed by atoms with Crippen molar-refractivity contribution in [3.05, 3.63) is 81.5 Å². The largest absolute Gasteiger partial charge is 0.508 e. The molecule has 0 radical (unpaired) electrons. The number of carbonyl (C=O) groups is 2. The monoisotopic (exact) mass is 987 g/mol. The number of hydrogen-bond donors (Lipinski definition) is 4. The van der Waals surface area contributed by atoms with E-state index in [1.54, 1.807) is 34.7 Å². The van der Waals surface area contributed by atoms with Gasteiger partial charge < -0.3 is 45.2 Å². The number of amides is 2. The normalized spacial score (nSPS) is 22.0. The van der Waals surface area contributed by atoms with Crippen LogP contribution in [0.2, 0.25) is 0 Å². The molecular weight excluding hydrogens is 923 g/mol. The van der Waals surface area contributed by atoms with Gasteiger partial charge in [0.1, 0.15) is 17.1 Å². The number of piperidine rings is 2. The Hall–Kier alpha value is -5.54. The minimum absolute atomic E-state index is 0.00222. The first-order valence-electron chi connectivity index (χ1n) is 25.3. The third kappa shape index (κ3) is 9.77. The number of anilines is 2. The number of aromatic nitrogens is 4. The predicted octanol–water partition coefficient (Wildman–Crippen LogP) is 4.55. The van der Waals surface area contributed by atoms with E-state index < -0.39 is 5.60 Å². The second kappa shape index (κ2) is 19.5. The van der Waals surface area contributed by atoms with Crippen LogP contribution >= 0.6 is 11.3 Å². The van der Waals surface area contributed by atoms with Gasteiger partial charge in [-0.05, 0) is 72.4 Å². The summed E-state index contributed by atoms with van der Waals surface area (Å²) in [6.45, 7) is 16.2. The second-order valence-electron chi connectivity index (χ2n) is 20.8. The molecule has 1 atom stereocenters. The van der Waals surface area contributed by atoms with Crippen LogP contribution in [0.3, 0.4) is 0 Å². The molecule has 376 valence electrons. The molecule has 5 fully saturated rings. The minimum atomic E-state index is -1.38. The molecule has 6 aliphatic heterocycles. The summed E-state index contributed by atoms with van der Waals surface area (Å²) in [7, 11) is 0. The number of ether oxygens (including phenoxy) is 2. The highest BCUT2D eigenvalue weighted by Crippen LogP contribution is 2.41. The van der Waals surface area contributed by atoms with Gasteiger partial charge in [0.2, 0.25) is 5.95 Å². The number of nitrogen functional groups attached to an aromatic ring is 1. The molecule has 5 N–H and O–H groups in total. The fourth-order valence-corrected chi connectivity index (χ4v) is 12.7. The number of fused-ring (bicyclic) bond motifs is 2. The van der Waals surface area contributed by atoms with E-state index >= 15 is 0 Å². The molecule has 2 amide bonds. The topological polar surface area (TPSA) is 210 Å². The van der Waals surface area contributed by atoms with Gasteiger partial charge in [-0.1, -0.05) is 32.0 Å². The van der Waals surface area contributed by atoms with Gasteiger partial charge in [0, 0.05) is 121 Å². The van der Waals surface area contributed by atoms with E-state index in [4.69, 9.17) is 25.2 Å². The van der Waals surface area contributed by atoms with E-state index in [-0.39, 0.29) is 46.3 Å². The predicted molar refractivity (Wildman–Crippen MR) is 269 cm³/mol. The Morgan fingerprint density at radius 1 is 0.817 bits per heavy atom. The van der Waals surface area contributed by atoms with Crippen molar-refractivity contribution < 1.29 is 34.4 Å². The molecule has 1 unspecified atom stereocenters. The summed E-state index contributed by atoms with van der Waals surface area (Å²) in [6, 6.07) is 11.7. The maximum absolute atomic E-state index is 14.0. The number of piperazine rings is 1. The number of aromatic hydroxyl groups is 2. The highest BCUT2D eigenvalue weighted by molar-refractivity contribution is 7.19. The molecule has 11 rings (SSSR count). The molecule has 2 aromatic carbocycles. The van der Waals surface area contributed by atoms with Crippen molar-refractivity contribution in [3.63, 3.8) is 0 Å². The van der Waals surface area contributed by atoms with Crippen LogP contribution in [0.25, 0.3) is 21.6 Å². The lowest BCUT2D eigenvalue weighted by molar-refractivity contribution is -0.160. The zero-order valence-corrected chi connectivity index (χ0v) is 41.6. The van der Waals surface area contributed by atoms with E-state index in [9.17, 15) is 24.9 Å². The lowest BCUT2D eigenvalue weighted by Gasteiger charge is -2.44. The molecule has 3 aromatic heterocycles. The molecule has 0 aliphatic carbocycles. The van der Waals surface area contributed by atoms with Crippen molar-refractivity contribution in [2.75, 3.05) is 95.9 Å². The zero-order chi connectivity index (χ0) is 49.0. The fourth-order valence-electron chi connectivity index (χ4n) is 11.6. The number of rotatable bonds is 10. The quantitative estimate of drug-likeness (QED) is 0.151. The third-order valence-electron chi connectivity index (χ3n) is 15.9. The number of phenols is 2. The number of nitrogens with two attached hydrogens (primary N) is 1. The van der Waals surface area contributed by atoms with Crippen molar-refractivity contribution in [3.8, 4) is 22.9 Å². The van der Waals surface area contributed by atoms with Gasteiger partial charge in [0.05, 0.1) is 46.8 Å². The van der Waals surface area contributed by atoms with Crippen molar-refractivity contribution in [1.29, 1.82) is 0 Å². The van der Waals surface area contributed by atoms with Gasteiger partial charge >= 0.3 is 0 Å². The fraction of sp³-hybridized carbons (Fsp3) is 0.538. The summed E-state index contributed by atoms with van der Waals surface area (Å²) in [5, 5.41) is 32.6. The minimum Gasteiger partial charge on any atom is -0.508 e. The molecule has 5 saturated heterocycles. The average molecular weight is 988 g/mol. The van der Waals surface area contributed by atoms with E-state index in [0.717, 1.165) is 103 Å². The summed E-state index contributed by atoms with van der Waals surface area (Å²) in [4.78, 5) is 60.4. The number of nitrogens with zero attached hydrogens (tertiary/aromatic N) is 10. The Kier molecular flexibility index (Phi) is 13.1. The van der Waals surface area contributed by atoms with Gasteiger partial charge in [-0.15, -0.1) is 11.3 Å². The third-order valence-corrected chi connectivity index (χ3v) is 17.0. The molecule has 1 spiro atoms. The van der Waals surface area contributed by atoms with Crippen LogP contribution in [-0.4, -0.2) is 174 Å². The number of morpholine rings is 1. The summed E-state index contributed by atoms with van der Waals surface area (Å²) in [5.41, 5.74) is 9.90. The molecule has 5 aromatic rings. The van der Waals surface area contributed by atoms with E-state index in [0.29, 0.717) is 95.9 Å². The number of carbonyl (C=O) groups excluding carboxylic acids is 2. The maximum atomic E-state index is 14.0. The second-order valence-corrected chi connectivity index (χ2v) is 22.0. The molecule has 71 heavy (non-hydrogen) atoms. The van der Waals surface area contributed by atoms with Crippen LogP contribution in [0, 0.1) is 0 Å². The number of phenolic OH excluding ortho intramolecular Hbond substituents is 2. The van der Waals surface area contributed by atoms with E-state index in [1.165, 1.54) is 10.9 Å². The number of hydrogen-bond acceptors (Lipinski definition) is 17. The average Bonchev–Trinajstić information content (AvgIpc) is 4.12. The number of thiophene rings is 1. The van der Waals surface area contributed by atoms with Crippen LogP contribution in [0.1, 0.15) is 89.4 Å².